The Kier molecular flexibility index (Phi) is 3.11. The van der Waals surface area contributed by atoms with E-state index < -0.39 is 0 Å². The van der Waals surface area contributed by atoms with Gasteiger partial charge in [-0.25, -0.2) is 0 Å². The summed E-state index contributed by atoms with van der Waals surface area (Å²) in [7, 11) is 0. The molecule has 2 unspecified atom stereocenters. The van der Waals surface area contributed by atoms with Crippen LogP contribution in [0.1, 0.15) is 43.3 Å². The van der Waals surface area contributed by atoms with E-state index in [1.54, 1.807) is 0 Å². The van der Waals surface area contributed by atoms with Crippen LogP contribution in [0.25, 0.3) is 0 Å². The summed E-state index contributed by atoms with van der Waals surface area (Å²) in [6.07, 6.45) is 2.28. The van der Waals surface area contributed by atoms with Gasteiger partial charge in [0.2, 0.25) is 5.89 Å². The maximum Gasteiger partial charge on any atom is 0.231 e. The summed E-state index contributed by atoms with van der Waals surface area (Å²) < 4.78 is 5.44. The minimum atomic E-state index is 0.450. The highest BCUT2D eigenvalue weighted by Crippen LogP contribution is 2.27. The molecule has 0 spiro atoms. The van der Waals surface area contributed by atoms with Crippen LogP contribution in [-0.2, 0) is 0 Å². The summed E-state index contributed by atoms with van der Waals surface area (Å²) >= 11 is 0. The molecule has 3 rings (SSSR count). The lowest BCUT2D eigenvalue weighted by molar-refractivity contribution is 0.324. The van der Waals surface area contributed by atoms with E-state index in [9.17, 15) is 0 Å². The zero-order valence-electron chi connectivity index (χ0n) is 10.4. The van der Waals surface area contributed by atoms with E-state index in [1.807, 2.05) is 0 Å². The van der Waals surface area contributed by atoms with Crippen LogP contribution < -0.4 is 5.32 Å². The van der Waals surface area contributed by atoms with Crippen molar-refractivity contribution in [1.82, 2.24) is 20.4 Å². The third-order valence-corrected chi connectivity index (χ3v) is 3.95. The lowest BCUT2D eigenvalue weighted by Gasteiger charge is -2.10. The topological polar surface area (TPSA) is 54.2 Å². The number of likely N-dealkylation sites (N-methyl/N-ethyl adjacent to an activating group) is 1. The molecule has 0 aromatic carbocycles. The van der Waals surface area contributed by atoms with E-state index in [0.29, 0.717) is 11.8 Å². The molecule has 0 saturated carbocycles. The monoisotopic (exact) mass is 236 g/mol. The van der Waals surface area contributed by atoms with Gasteiger partial charge in [-0.1, -0.05) is 12.1 Å². The Morgan fingerprint density at radius 1 is 1.41 bits per heavy atom. The van der Waals surface area contributed by atoms with Crippen molar-refractivity contribution >= 4 is 0 Å². The zero-order valence-corrected chi connectivity index (χ0v) is 10.4. The molecule has 3 heterocycles. The zero-order chi connectivity index (χ0) is 11.7. The van der Waals surface area contributed by atoms with Crippen LogP contribution in [-0.4, -0.2) is 47.8 Å². The third-order valence-electron chi connectivity index (χ3n) is 3.95. The van der Waals surface area contributed by atoms with Crippen LogP contribution in [0.4, 0.5) is 0 Å². The minimum absolute atomic E-state index is 0.450. The molecular formula is C12H20N4O. The van der Waals surface area contributed by atoms with E-state index in [4.69, 9.17) is 4.52 Å². The van der Waals surface area contributed by atoms with Crippen molar-refractivity contribution in [3.05, 3.63) is 11.7 Å². The molecule has 1 aromatic rings. The highest BCUT2D eigenvalue weighted by atomic mass is 16.5. The first-order chi connectivity index (χ1) is 8.36. The van der Waals surface area contributed by atoms with E-state index in [2.05, 4.69) is 27.3 Å². The summed E-state index contributed by atoms with van der Waals surface area (Å²) in [6.45, 7) is 7.60. The van der Waals surface area contributed by atoms with Gasteiger partial charge >= 0.3 is 0 Å². The fraction of sp³-hybridized carbons (Fsp3) is 0.833. The Morgan fingerprint density at radius 2 is 2.35 bits per heavy atom. The van der Waals surface area contributed by atoms with E-state index in [-0.39, 0.29) is 0 Å². The van der Waals surface area contributed by atoms with Crippen molar-refractivity contribution in [3.8, 4) is 0 Å². The van der Waals surface area contributed by atoms with Gasteiger partial charge in [0.15, 0.2) is 5.82 Å². The quantitative estimate of drug-likeness (QED) is 0.847. The predicted molar refractivity (Wildman–Crippen MR) is 64.0 cm³/mol. The highest BCUT2D eigenvalue weighted by molar-refractivity contribution is 5.04. The van der Waals surface area contributed by atoms with Crippen LogP contribution in [0.3, 0.4) is 0 Å². The van der Waals surface area contributed by atoms with Crippen molar-refractivity contribution in [1.29, 1.82) is 0 Å². The summed E-state index contributed by atoms with van der Waals surface area (Å²) in [5.41, 5.74) is 0. The summed E-state index contributed by atoms with van der Waals surface area (Å²) in [6, 6.07) is 0. The molecule has 94 valence electrons. The summed E-state index contributed by atoms with van der Waals surface area (Å²) in [5, 5.41) is 7.48. The lowest BCUT2D eigenvalue weighted by Crippen LogP contribution is -2.19. The summed E-state index contributed by atoms with van der Waals surface area (Å²) in [4.78, 5) is 7.03. The molecule has 1 N–H and O–H groups in total. The summed E-state index contributed by atoms with van der Waals surface area (Å²) in [5.74, 6) is 2.66. The smallest absolute Gasteiger partial charge is 0.231 e. The molecule has 2 aliphatic heterocycles. The Labute approximate surface area is 102 Å². The second kappa shape index (κ2) is 4.74. The van der Waals surface area contributed by atoms with Gasteiger partial charge in [0.05, 0.1) is 5.92 Å². The van der Waals surface area contributed by atoms with Gasteiger partial charge in [-0.2, -0.15) is 4.98 Å². The number of nitrogens with zero attached hydrogens (tertiary/aromatic N) is 3. The normalized spacial score (nSPS) is 30.2. The van der Waals surface area contributed by atoms with Gasteiger partial charge < -0.3 is 14.7 Å². The van der Waals surface area contributed by atoms with E-state index >= 15 is 0 Å². The first-order valence-electron chi connectivity index (χ1n) is 6.63. The van der Waals surface area contributed by atoms with Crippen LogP contribution in [0.15, 0.2) is 4.52 Å². The van der Waals surface area contributed by atoms with Gasteiger partial charge in [0, 0.05) is 19.0 Å². The molecule has 2 saturated heterocycles. The Balaban J connectivity index is 1.68. The number of aromatic nitrogens is 2. The maximum absolute atomic E-state index is 5.44. The first kappa shape index (κ1) is 11.2. The van der Waals surface area contributed by atoms with Crippen molar-refractivity contribution in [2.45, 2.75) is 31.6 Å². The predicted octanol–water partition coefficient (Wildman–Crippen LogP) is 0.956. The number of rotatable bonds is 3. The third kappa shape index (κ3) is 2.21. The molecule has 1 aromatic heterocycles. The molecule has 2 atom stereocenters. The van der Waals surface area contributed by atoms with Gasteiger partial charge in [-0.15, -0.1) is 0 Å². The number of hydrogen-bond acceptors (Lipinski definition) is 5. The molecule has 5 nitrogen and oxygen atoms in total. The second-order valence-electron chi connectivity index (χ2n) is 5.06. The molecule has 0 aliphatic carbocycles. The SMILES string of the molecule is CCN1CCC(c2nc(C3CCNC3)no2)C1. The van der Waals surface area contributed by atoms with Crippen LogP contribution in [0.2, 0.25) is 0 Å². The molecule has 5 heteroatoms. The largest absolute Gasteiger partial charge is 0.339 e. The Hall–Kier alpha value is -0.940. The fourth-order valence-electron chi connectivity index (χ4n) is 2.78. The molecular weight excluding hydrogens is 216 g/mol. The van der Waals surface area contributed by atoms with Gasteiger partial charge in [0.25, 0.3) is 0 Å². The molecule has 0 radical (unpaired) electrons. The fourth-order valence-corrected chi connectivity index (χ4v) is 2.78. The van der Waals surface area contributed by atoms with Gasteiger partial charge in [-0.05, 0) is 32.5 Å². The Bertz CT molecular complexity index is 372. The molecule has 2 aliphatic rings. The minimum Gasteiger partial charge on any atom is -0.339 e. The number of hydrogen-bond donors (Lipinski definition) is 1. The van der Waals surface area contributed by atoms with Crippen molar-refractivity contribution < 1.29 is 4.52 Å². The number of likely N-dealkylation sites (tertiary alicyclic amines) is 1. The maximum atomic E-state index is 5.44. The standard InChI is InChI=1S/C12H20N4O/c1-2-16-6-4-10(8-16)12-14-11(15-17-12)9-3-5-13-7-9/h9-10,13H,2-8H2,1H3. The Morgan fingerprint density at radius 3 is 3.06 bits per heavy atom. The lowest BCUT2D eigenvalue weighted by atomic mass is 10.1. The van der Waals surface area contributed by atoms with E-state index in [0.717, 1.165) is 57.3 Å². The van der Waals surface area contributed by atoms with Crippen LogP contribution in [0, 0.1) is 0 Å². The van der Waals surface area contributed by atoms with Crippen molar-refractivity contribution in [2.75, 3.05) is 32.7 Å². The van der Waals surface area contributed by atoms with Crippen LogP contribution in [0.5, 0.6) is 0 Å². The average Bonchev–Trinajstić information content (AvgIpc) is 3.09. The molecule has 0 bridgehead atoms. The first-order valence-corrected chi connectivity index (χ1v) is 6.63. The van der Waals surface area contributed by atoms with Crippen molar-refractivity contribution in [2.24, 2.45) is 0 Å². The molecule has 2 fully saturated rings. The van der Waals surface area contributed by atoms with Crippen LogP contribution >= 0.6 is 0 Å². The highest BCUT2D eigenvalue weighted by Gasteiger charge is 2.29. The van der Waals surface area contributed by atoms with E-state index in [1.165, 1.54) is 0 Å². The average molecular weight is 236 g/mol. The van der Waals surface area contributed by atoms with Crippen molar-refractivity contribution in [3.63, 3.8) is 0 Å². The number of nitrogens with one attached hydrogen (secondary N) is 1. The second-order valence-corrected chi connectivity index (χ2v) is 5.06. The molecule has 17 heavy (non-hydrogen) atoms. The van der Waals surface area contributed by atoms with Gasteiger partial charge in [0.1, 0.15) is 0 Å². The molecule has 0 amide bonds. The van der Waals surface area contributed by atoms with Gasteiger partial charge in [-0.3, -0.25) is 0 Å².